The van der Waals surface area contributed by atoms with E-state index < -0.39 is 36.7 Å². The van der Waals surface area contributed by atoms with Crippen molar-refractivity contribution >= 4 is 23.2 Å². The zero-order valence-electron chi connectivity index (χ0n) is 21.4. The molecule has 0 saturated carbocycles. The molecule has 2 aromatic heterocycles. The monoisotopic (exact) mass is 563 g/mol. The number of hydrogen-bond donors (Lipinski definition) is 0. The lowest BCUT2D eigenvalue weighted by atomic mass is 9.87. The van der Waals surface area contributed by atoms with E-state index >= 15 is 0 Å². The third kappa shape index (κ3) is 5.70. The number of benzene rings is 1. The van der Waals surface area contributed by atoms with E-state index in [4.69, 9.17) is 0 Å². The normalized spacial score (nSPS) is 18.0. The Morgan fingerprint density at radius 2 is 1.85 bits per heavy atom. The number of hydrogen-bond acceptors (Lipinski definition) is 5. The number of aryl methyl sites for hydroxylation is 1. The van der Waals surface area contributed by atoms with Gasteiger partial charge in [-0.25, -0.2) is 22.5 Å². The topological polar surface area (TPSA) is 71.3 Å². The summed E-state index contributed by atoms with van der Waals surface area (Å²) >= 11 is 1.43. The molecule has 1 atom stereocenters. The molecule has 1 fully saturated rings. The summed E-state index contributed by atoms with van der Waals surface area (Å²) in [4.78, 5) is 34.0. The highest BCUT2D eigenvalue weighted by Gasteiger charge is 2.31. The van der Waals surface area contributed by atoms with Crippen molar-refractivity contribution in [1.82, 2.24) is 24.6 Å². The van der Waals surface area contributed by atoms with Crippen molar-refractivity contribution in [3.05, 3.63) is 68.9 Å². The van der Waals surface area contributed by atoms with Crippen LogP contribution in [0.1, 0.15) is 88.5 Å². The van der Waals surface area contributed by atoms with Gasteiger partial charge in [-0.1, -0.05) is 24.3 Å². The van der Waals surface area contributed by atoms with Crippen molar-refractivity contribution in [3.63, 3.8) is 0 Å². The van der Waals surface area contributed by atoms with Gasteiger partial charge in [-0.2, -0.15) is 5.10 Å². The van der Waals surface area contributed by atoms with Crippen LogP contribution in [-0.2, 0) is 17.8 Å². The minimum absolute atomic E-state index is 0.0130. The van der Waals surface area contributed by atoms with Gasteiger partial charge in [-0.3, -0.25) is 14.3 Å². The number of piperidine rings is 1. The standard InChI is InChI=1S/C27H29F4N5O2S/c1-34(21-8-4-6-16-5-2-3-7-18(16)21)27(38)20-15-39-26(32-20)17-9-11-35(12-10-17)23(37)14-36-22(25(30)31)13-19(33-36)24(28)29/h2-3,5,7,13,15,17,21,24-25H,4,6,8-12,14H2,1H3. The molecule has 1 unspecified atom stereocenters. The van der Waals surface area contributed by atoms with Crippen LogP contribution < -0.4 is 0 Å². The molecule has 12 heteroatoms. The molecule has 3 heterocycles. The summed E-state index contributed by atoms with van der Waals surface area (Å²) < 4.78 is 53.0. The van der Waals surface area contributed by atoms with Crippen LogP contribution in [0.4, 0.5) is 17.6 Å². The molecule has 2 aliphatic rings. The predicted molar refractivity (Wildman–Crippen MR) is 137 cm³/mol. The molecule has 7 nitrogen and oxygen atoms in total. The van der Waals surface area contributed by atoms with Crippen LogP contribution in [0.15, 0.2) is 35.7 Å². The summed E-state index contributed by atoms with van der Waals surface area (Å²) in [6.45, 7) is 0.222. The molecule has 39 heavy (non-hydrogen) atoms. The number of rotatable bonds is 7. The number of nitrogens with zero attached hydrogens (tertiary/aromatic N) is 5. The van der Waals surface area contributed by atoms with Crippen molar-refractivity contribution in [2.24, 2.45) is 0 Å². The minimum atomic E-state index is -3.02. The first-order chi connectivity index (χ1) is 18.7. The van der Waals surface area contributed by atoms with Crippen molar-refractivity contribution < 1.29 is 27.2 Å². The average molecular weight is 564 g/mol. The van der Waals surface area contributed by atoms with E-state index in [1.165, 1.54) is 27.4 Å². The lowest BCUT2D eigenvalue weighted by molar-refractivity contribution is -0.133. The fraction of sp³-hybridized carbons (Fsp3) is 0.481. The molecular formula is C27H29F4N5O2S. The van der Waals surface area contributed by atoms with E-state index in [0.717, 1.165) is 24.3 Å². The zero-order valence-corrected chi connectivity index (χ0v) is 22.2. The molecular weight excluding hydrogens is 534 g/mol. The van der Waals surface area contributed by atoms with Gasteiger partial charge < -0.3 is 9.80 Å². The molecule has 1 aliphatic carbocycles. The maximum absolute atomic E-state index is 13.3. The Balaban J connectivity index is 1.19. The fourth-order valence-corrected chi connectivity index (χ4v) is 6.46. The predicted octanol–water partition coefficient (Wildman–Crippen LogP) is 5.77. The first-order valence-electron chi connectivity index (χ1n) is 12.9. The SMILES string of the molecule is CN(C(=O)c1csc(C2CCN(C(=O)Cn3nc(C(F)F)cc3C(F)F)CC2)n1)C1CCCc2ccccc21. The lowest BCUT2D eigenvalue weighted by Crippen LogP contribution is -2.40. The van der Waals surface area contributed by atoms with Crippen LogP contribution in [0.2, 0.25) is 0 Å². The molecule has 1 saturated heterocycles. The second-order valence-corrected chi connectivity index (χ2v) is 10.9. The highest BCUT2D eigenvalue weighted by Crippen LogP contribution is 2.35. The fourth-order valence-electron chi connectivity index (χ4n) is 5.49. The van der Waals surface area contributed by atoms with E-state index in [2.05, 4.69) is 22.2 Å². The third-order valence-electron chi connectivity index (χ3n) is 7.63. The number of thiazole rings is 1. The zero-order chi connectivity index (χ0) is 27.7. The summed E-state index contributed by atoms with van der Waals surface area (Å²) in [5.41, 5.74) is 1.40. The Hall–Kier alpha value is -3.28. The van der Waals surface area contributed by atoms with Crippen LogP contribution in [0.5, 0.6) is 0 Å². The lowest BCUT2D eigenvalue weighted by Gasteiger charge is -2.33. The van der Waals surface area contributed by atoms with Crippen LogP contribution in [-0.4, -0.2) is 56.5 Å². The number of likely N-dealkylation sites (tertiary alicyclic amines) is 1. The molecule has 3 aromatic rings. The van der Waals surface area contributed by atoms with Crippen LogP contribution >= 0.6 is 11.3 Å². The number of carbonyl (C=O) groups excluding carboxylic acids is 2. The molecule has 1 aromatic carbocycles. The van der Waals surface area contributed by atoms with E-state index in [9.17, 15) is 27.2 Å². The Morgan fingerprint density at radius 1 is 1.10 bits per heavy atom. The van der Waals surface area contributed by atoms with E-state index in [1.807, 2.05) is 19.2 Å². The Bertz CT molecular complexity index is 1340. The van der Waals surface area contributed by atoms with E-state index in [0.29, 0.717) is 42.4 Å². The molecule has 1 aliphatic heterocycles. The van der Waals surface area contributed by atoms with Crippen LogP contribution in [0.25, 0.3) is 0 Å². The number of amides is 2. The second-order valence-electron chi connectivity index (χ2n) is 10.0. The first kappa shape index (κ1) is 27.3. The van der Waals surface area contributed by atoms with Crippen LogP contribution in [0.3, 0.4) is 0 Å². The Labute approximate surface area is 227 Å². The molecule has 0 spiro atoms. The second kappa shape index (κ2) is 11.4. The Morgan fingerprint density at radius 3 is 2.56 bits per heavy atom. The molecule has 0 radical (unpaired) electrons. The van der Waals surface area contributed by atoms with E-state index in [-0.39, 0.29) is 17.9 Å². The quantitative estimate of drug-likeness (QED) is 0.342. The summed E-state index contributed by atoms with van der Waals surface area (Å²) in [7, 11) is 1.82. The van der Waals surface area contributed by atoms with Crippen molar-refractivity contribution in [1.29, 1.82) is 0 Å². The first-order valence-corrected chi connectivity index (χ1v) is 13.8. The number of alkyl halides is 4. The van der Waals surface area contributed by atoms with Crippen molar-refractivity contribution in [2.45, 2.75) is 63.5 Å². The van der Waals surface area contributed by atoms with Gasteiger partial charge in [-0.05, 0) is 49.3 Å². The van der Waals surface area contributed by atoms with Gasteiger partial charge in [0.2, 0.25) is 5.91 Å². The number of carbonyl (C=O) groups is 2. The Kier molecular flexibility index (Phi) is 8.01. The highest BCUT2D eigenvalue weighted by molar-refractivity contribution is 7.09. The van der Waals surface area contributed by atoms with Crippen molar-refractivity contribution in [3.8, 4) is 0 Å². The van der Waals surface area contributed by atoms with Crippen LogP contribution in [0, 0.1) is 0 Å². The molecule has 208 valence electrons. The van der Waals surface area contributed by atoms with Crippen molar-refractivity contribution in [2.75, 3.05) is 20.1 Å². The minimum Gasteiger partial charge on any atom is -0.341 e. The summed E-state index contributed by atoms with van der Waals surface area (Å²) in [5, 5.41) is 6.12. The maximum Gasteiger partial charge on any atom is 0.282 e. The molecule has 5 rings (SSSR count). The van der Waals surface area contributed by atoms with Gasteiger partial charge >= 0.3 is 0 Å². The smallest absolute Gasteiger partial charge is 0.282 e. The average Bonchev–Trinajstić information content (AvgIpc) is 3.60. The number of fused-ring (bicyclic) bond motifs is 1. The number of aromatic nitrogens is 3. The van der Waals surface area contributed by atoms with Gasteiger partial charge in [0.1, 0.15) is 23.6 Å². The van der Waals surface area contributed by atoms with Gasteiger partial charge in [0, 0.05) is 31.4 Å². The summed E-state index contributed by atoms with van der Waals surface area (Å²) in [6, 6.07) is 8.88. The molecule has 0 bridgehead atoms. The van der Waals surface area contributed by atoms with Gasteiger partial charge in [0.05, 0.1) is 11.0 Å². The van der Waals surface area contributed by atoms with Gasteiger partial charge in [0.25, 0.3) is 18.8 Å². The highest BCUT2D eigenvalue weighted by atomic mass is 32.1. The summed E-state index contributed by atoms with van der Waals surface area (Å²) in [6.07, 6.45) is -1.87. The van der Waals surface area contributed by atoms with E-state index in [1.54, 1.807) is 10.3 Å². The summed E-state index contributed by atoms with van der Waals surface area (Å²) in [5.74, 6) is -0.513. The number of halogens is 4. The third-order valence-corrected chi connectivity index (χ3v) is 8.63. The van der Waals surface area contributed by atoms with Gasteiger partial charge in [-0.15, -0.1) is 11.3 Å². The van der Waals surface area contributed by atoms with Gasteiger partial charge in [0.15, 0.2) is 0 Å². The largest absolute Gasteiger partial charge is 0.341 e. The maximum atomic E-state index is 13.3. The molecule has 0 N–H and O–H groups in total. The molecule has 2 amide bonds.